The molecule has 5 rings (SSSR count). The molecule has 0 radical (unpaired) electrons. The van der Waals surface area contributed by atoms with E-state index in [1.165, 1.54) is 4.68 Å². The van der Waals surface area contributed by atoms with Gasteiger partial charge in [-0.3, -0.25) is 9.59 Å². The fourth-order valence-electron chi connectivity index (χ4n) is 4.12. The van der Waals surface area contributed by atoms with Crippen molar-refractivity contribution in [2.45, 2.75) is 6.54 Å². The number of fused-ring (bicyclic) bond motifs is 3. The van der Waals surface area contributed by atoms with Crippen LogP contribution in [0.5, 0.6) is 5.75 Å². The lowest BCUT2D eigenvalue weighted by atomic mass is 10.2. The Hall–Kier alpha value is -3.81. The van der Waals surface area contributed by atoms with Crippen molar-refractivity contribution in [1.29, 1.82) is 0 Å². The van der Waals surface area contributed by atoms with Gasteiger partial charge in [0.1, 0.15) is 17.8 Å². The maximum atomic E-state index is 12.9. The molecule has 0 aliphatic carbocycles. The van der Waals surface area contributed by atoms with Crippen molar-refractivity contribution in [3.05, 3.63) is 65.1 Å². The van der Waals surface area contributed by atoms with Gasteiger partial charge in [0.15, 0.2) is 0 Å². The second-order valence-corrected chi connectivity index (χ2v) is 7.63. The van der Waals surface area contributed by atoms with Crippen LogP contribution in [0.2, 0.25) is 0 Å². The predicted molar refractivity (Wildman–Crippen MR) is 120 cm³/mol. The fourth-order valence-corrected chi connectivity index (χ4v) is 4.12. The summed E-state index contributed by atoms with van der Waals surface area (Å²) in [4.78, 5) is 32.9. The van der Waals surface area contributed by atoms with Gasteiger partial charge in [0.2, 0.25) is 5.91 Å². The third-order valence-electron chi connectivity index (χ3n) is 5.88. The number of piperazine rings is 1. The number of aromatic amines is 1. The number of rotatable bonds is 4. The van der Waals surface area contributed by atoms with Gasteiger partial charge in [0.05, 0.1) is 13.3 Å². The topological polar surface area (TPSA) is 83.5 Å². The minimum Gasteiger partial charge on any atom is -0.497 e. The molecule has 4 aromatic rings. The van der Waals surface area contributed by atoms with Crippen LogP contribution in [0.4, 0.5) is 5.69 Å². The first kappa shape index (κ1) is 19.2. The molecule has 1 saturated heterocycles. The number of anilines is 1. The molecule has 8 nitrogen and oxygen atoms in total. The SMILES string of the molecule is COc1ccc(N2CCN(C(=O)Cn3ncc4c([nH]c5ccccc54)c3=O)CC2)cc1. The zero-order valence-corrected chi connectivity index (χ0v) is 17.2. The average molecular weight is 417 g/mol. The summed E-state index contributed by atoms with van der Waals surface area (Å²) in [6.07, 6.45) is 1.66. The Bertz CT molecular complexity index is 1300. The number of amides is 1. The van der Waals surface area contributed by atoms with Crippen LogP contribution in [0, 0.1) is 0 Å². The third-order valence-corrected chi connectivity index (χ3v) is 5.88. The van der Waals surface area contributed by atoms with E-state index in [-0.39, 0.29) is 18.0 Å². The Morgan fingerprint density at radius 2 is 1.77 bits per heavy atom. The Morgan fingerprint density at radius 1 is 1.03 bits per heavy atom. The van der Waals surface area contributed by atoms with Crippen LogP contribution in [0.15, 0.2) is 59.5 Å². The number of methoxy groups -OCH3 is 1. The van der Waals surface area contributed by atoms with Crippen molar-refractivity contribution in [1.82, 2.24) is 19.7 Å². The Morgan fingerprint density at radius 3 is 2.52 bits per heavy atom. The van der Waals surface area contributed by atoms with E-state index in [0.717, 1.165) is 40.8 Å². The molecule has 0 unspecified atom stereocenters. The largest absolute Gasteiger partial charge is 0.497 e. The molecule has 0 saturated carbocycles. The molecule has 158 valence electrons. The van der Waals surface area contributed by atoms with Gasteiger partial charge in [-0.1, -0.05) is 18.2 Å². The van der Waals surface area contributed by atoms with E-state index in [0.29, 0.717) is 18.6 Å². The highest BCUT2D eigenvalue weighted by Gasteiger charge is 2.22. The van der Waals surface area contributed by atoms with Crippen LogP contribution in [-0.4, -0.2) is 58.9 Å². The summed E-state index contributed by atoms with van der Waals surface area (Å²) in [6, 6.07) is 15.6. The summed E-state index contributed by atoms with van der Waals surface area (Å²) in [5, 5.41) is 5.99. The molecule has 0 spiro atoms. The van der Waals surface area contributed by atoms with Crippen LogP contribution < -0.4 is 15.2 Å². The lowest BCUT2D eigenvalue weighted by Crippen LogP contribution is -2.50. The van der Waals surface area contributed by atoms with Crippen molar-refractivity contribution >= 4 is 33.4 Å². The molecular weight excluding hydrogens is 394 g/mol. The maximum Gasteiger partial charge on any atom is 0.291 e. The zero-order chi connectivity index (χ0) is 21.4. The van der Waals surface area contributed by atoms with E-state index in [2.05, 4.69) is 15.0 Å². The van der Waals surface area contributed by atoms with Crippen LogP contribution in [0.3, 0.4) is 0 Å². The summed E-state index contributed by atoms with van der Waals surface area (Å²) in [5.41, 5.74) is 2.19. The first-order chi connectivity index (χ1) is 15.1. The van der Waals surface area contributed by atoms with Crippen molar-refractivity contribution in [3.63, 3.8) is 0 Å². The number of nitrogens with one attached hydrogen (secondary N) is 1. The first-order valence-corrected chi connectivity index (χ1v) is 10.3. The number of H-pyrrole nitrogens is 1. The smallest absolute Gasteiger partial charge is 0.291 e. The minimum atomic E-state index is -0.279. The van der Waals surface area contributed by atoms with Gasteiger partial charge < -0.3 is 19.5 Å². The lowest BCUT2D eigenvalue weighted by Gasteiger charge is -2.36. The zero-order valence-electron chi connectivity index (χ0n) is 17.2. The van der Waals surface area contributed by atoms with Crippen LogP contribution in [0.1, 0.15) is 0 Å². The van der Waals surface area contributed by atoms with Gasteiger partial charge in [0, 0.05) is 48.2 Å². The average Bonchev–Trinajstić information content (AvgIpc) is 3.20. The molecular formula is C23H23N5O3. The van der Waals surface area contributed by atoms with E-state index < -0.39 is 0 Å². The van der Waals surface area contributed by atoms with E-state index >= 15 is 0 Å². The summed E-state index contributed by atoms with van der Waals surface area (Å²) >= 11 is 0. The van der Waals surface area contributed by atoms with Crippen molar-refractivity contribution in [2.75, 3.05) is 38.2 Å². The molecule has 2 aromatic carbocycles. The number of benzene rings is 2. The van der Waals surface area contributed by atoms with Gasteiger partial charge in [0.25, 0.3) is 5.56 Å². The van der Waals surface area contributed by atoms with Crippen molar-refractivity contribution < 1.29 is 9.53 Å². The minimum absolute atomic E-state index is 0.0628. The molecule has 8 heteroatoms. The molecule has 1 aliphatic heterocycles. The lowest BCUT2D eigenvalue weighted by molar-refractivity contribution is -0.132. The van der Waals surface area contributed by atoms with Crippen LogP contribution in [0.25, 0.3) is 21.8 Å². The molecule has 1 amide bonds. The van der Waals surface area contributed by atoms with Gasteiger partial charge in [-0.05, 0) is 30.3 Å². The Labute approximate surface area is 178 Å². The van der Waals surface area contributed by atoms with Gasteiger partial charge in [-0.25, -0.2) is 4.68 Å². The number of carbonyl (C=O) groups excluding carboxylic acids is 1. The van der Waals surface area contributed by atoms with Crippen molar-refractivity contribution in [3.8, 4) is 5.75 Å². The highest BCUT2D eigenvalue weighted by Crippen LogP contribution is 2.22. The quantitative estimate of drug-likeness (QED) is 0.551. The summed E-state index contributed by atoms with van der Waals surface area (Å²) in [5.74, 6) is 0.724. The molecule has 3 heterocycles. The van der Waals surface area contributed by atoms with Crippen LogP contribution in [-0.2, 0) is 11.3 Å². The molecule has 1 fully saturated rings. The summed E-state index contributed by atoms with van der Waals surface area (Å²) in [7, 11) is 1.65. The summed E-state index contributed by atoms with van der Waals surface area (Å²) < 4.78 is 6.45. The number of ether oxygens (including phenoxy) is 1. The van der Waals surface area contributed by atoms with E-state index in [4.69, 9.17) is 4.74 Å². The highest BCUT2D eigenvalue weighted by molar-refractivity contribution is 6.06. The van der Waals surface area contributed by atoms with Gasteiger partial charge in [-0.15, -0.1) is 0 Å². The third kappa shape index (κ3) is 3.50. The molecule has 2 aromatic heterocycles. The number of aromatic nitrogens is 3. The first-order valence-electron chi connectivity index (χ1n) is 10.3. The van der Waals surface area contributed by atoms with Crippen molar-refractivity contribution in [2.24, 2.45) is 0 Å². The number of carbonyl (C=O) groups is 1. The summed E-state index contributed by atoms with van der Waals surface area (Å²) in [6.45, 7) is 2.62. The van der Waals surface area contributed by atoms with Gasteiger partial charge in [-0.2, -0.15) is 5.10 Å². The number of hydrogen-bond donors (Lipinski definition) is 1. The van der Waals surface area contributed by atoms with E-state index in [9.17, 15) is 9.59 Å². The highest BCUT2D eigenvalue weighted by atomic mass is 16.5. The second-order valence-electron chi connectivity index (χ2n) is 7.63. The normalized spacial score (nSPS) is 14.4. The van der Waals surface area contributed by atoms with Crippen LogP contribution >= 0.6 is 0 Å². The Kier molecular flexibility index (Phi) is 4.82. The maximum absolute atomic E-state index is 12.9. The molecule has 1 N–H and O–H groups in total. The van der Waals surface area contributed by atoms with Gasteiger partial charge >= 0.3 is 0 Å². The van der Waals surface area contributed by atoms with E-state index in [1.807, 2.05) is 48.5 Å². The fraction of sp³-hybridized carbons (Fsp3) is 0.261. The molecule has 0 atom stereocenters. The van der Waals surface area contributed by atoms with E-state index in [1.54, 1.807) is 18.2 Å². The molecule has 0 bridgehead atoms. The standard InChI is InChI=1S/C23H23N5O3/c1-31-17-8-6-16(7-9-17)26-10-12-27(13-11-26)21(29)15-28-23(30)22-19(14-24-28)18-4-2-3-5-20(18)25-22/h2-9,14,25H,10-13,15H2,1H3. The number of nitrogens with zero attached hydrogens (tertiary/aromatic N) is 4. The molecule has 31 heavy (non-hydrogen) atoms. The second kappa shape index (κ2) is 7.79. The predicted octanol–water partition coefficient (Wildman–Crippen LogP) is 2.24. The molecule has 1 aliphatic rings. The monoisotopic (exact) mass is 417 g/mol. The number of para-hydroxylation sites is 1. The Balaban J connectivity index is 1.28. The number of hydrogen-bond acceptors (Lipinski definition) is 5.